The summed E-state index contributed by atoms with van der Waals surface area (Å²) in [5, 5.41) is 5.41. The summed E-state index contributed by atoms with van der Waals surface area (Å²) in [4.78, 5) is 28.5. The molecular formula is C16H18N4O4. The minimum Gasteiger partial charge on any atom is -0.464 e. The van der Waals surface area contributed by atoms with Crippen LogP contribution in [0.3, 0.4) is 0 Å². The van der Waals surface area contributed by atoms with Crippen molar-refractivity contribution in [3.63, 3.8) is 0 Å². The number of nitrogens with one attached hydrogen (secondary N) is 2. The number of amides is 2. The van der Waals surface area contributed by atoms with Gasteiger partial charge in [-0.05, 0) is 26.0 Å². The molecule has 1 aliphatic rings. The number of hydrogen-bond acceptors (Lipinski definition) is 5. The molecule has 3 heterocycles. The molecule has 2 aromatic rings. The van der Waals surface area contributed by atoms with Crippen LogP contribution >= 0.6 is 0 Å². The lowest BCUT2D eigenvalue weighted by Gasteiger charge is -2.28. The van der Waals surface area contributed by atoms with E-state index in [1.807, 2.05) is 0 Å². The molecule has 0 radical (unpaired) electrons. The van der Waals surface area contributed by atoms with Gasteiger partial charge in [-0.15, -0.1) is 0 Å². The van der Waals surface area contributed by atoms with Gasteiger partial charge in [-0.25, -0.2) is 14.6 Å². The van der Waals surface area contributed by atoms with E-state index in [0.29, 0.717) is 22.8 Å². The van der Waals surface area contributed by atoms with Crippen LogP contribution in [0.15, 0.2) is 46.5 Å². The summed E-state index contributed by atoms with van der Waals surface area (Å²) in [5.41, 5.74) is 0.772. The first-order chi connectivity index (χ1) is 11.6. The van der Waals surface area contributed by atoms with Crippen LogP contribution in [0.2, 0.25) is 0 Å². The van der Waals surface area contributed by atoms with Crippen molar-refractivity contribution < 1.29 is 18.7 Å². The second-order valence-corrected chi connectivity index (χ2v) is 5.33. The van der Waals surface area contributed by atoms with Crippen molar-refractivity contribution in [3.8, 4) is 0 Å². The van der Waals surface area contributed by atoms with Crippen LogP contribution in [0.1, 0.15) is 24.5 Å². The summed E-state index contributed by atoms with van der Waals surface area (Å²) in [6, 6.07) is 2.41. The van der Waals surface area contributed by atoms with E-state index in [2.05, 4.69) is 15.6 Å². The first-order valence-corrected chi connectivity index (χ1v) is 7.58. The van der Waals surface area contributed by atoms with Crippen molar-refractivity contribution in [2.45, 2.75) is 26.4 Å². The Morgan fingerprint density at radius 3 is 2.92 bits per heavy atom. The lowest BCUT2D eigenvalue weighted by molar-refractivity contribution is -0.139. The molecule has 0 bridgehead atoms. The van der Waals surface area contributed by atoms with Crippen molar-refractivity contribution in [2.75, 3.05) is 6.61 Å². The number of aromatic nitrogens is 2. The van der Waals surface area contributed by atoms with E-state index >= 15 is 0 Å². The quantitative estimate of drug-likeness (QED) is 0.812. The smallest absolute Gasteiger partial charge is 0.338 e. The van der Waals surface area contributed by atoms with Gasteiger partial charge in [0.25, 0.3) is 0 Å². The maximum Gasteiger partial charge on any atom is 0.338 e. The third-order valence-electron chi connectivity index (χ3n) is 3.59. The van der Waals surface area contributed by atoms with Crippen molar-refractivity contribution in [3.05, 3.63) is 53.6 Å². The highest BCUT2D eigenvalue weighted by Gasteiger charge is 2.35. The molecular weight excluding hydrogens is 312 g/mol. The SMILES string of the molecule is CCOC(=O)C1=C(Cn2ccnc2)NC(=O)N[C@H]1c1ccc(C)o1. The number of urea groups is 1. The summed E-state index contributed by atoms with van der Waals surface area (Å²) in [7, 11) is 0. The first kappa shape index (κ1) is 15.9. The molecule has 8 heteroatoms. The Morgan fingerprint density at radius 1 is 1.46 bits per heavy atom. The Labute approximate surface area is 138 Å². The van der Waals surface area contributed by atoms with Gasteiger partial charge in [0.05, 0.1) is 30.7 Å². The van der Waals surface area contributed by atoms with Crippen molar-refractivity contribution in [1.82, 2.24) is 20.2 Å². The average molecular weight is 330 g/mol. The molecule has 2 amide bonds. The highest BCUT2D eigenvalue weighted by Crippen LogP contribution is 2.29. The Balaban J connectivity index is 2.04. The van der Waals surface area contributed by atoms with Gasteiger partial charge < -0.3 is 24.4 Å². The molecule has 24 heavy (non-hydrogen) atoms. The number of carbonyl (C=O) groups is 2. The van der Waals surface area contributed by atoms with E-state index in [1.165, 1.54) is 0 Å². The molecule has 126 valence electrons. The maximum absolute atomic E-state index is 12.5. The van der Waals surface area contributed by atoms with Crippen molar-refractivity contribution >= 4 is 12.0 Å². The molecule has 0 aliphatic carbocycles. The minimum atomic E-state index is -0.704. The largest absolute Gasteiger partial charge is 0.464 e. The Bertz CT molecular complexity index is 776. The highest BCUT2D eigenvalue weighted by atomic mass is 16.5. The number of ether oxygens (including phenoxy) is 1. The zero-order valence-corrected chi connectivity index (χ0v) is 13.4. The second-order valence-electron chi connectivity index (χ2n) is 5.33. The molecule has 0 aromatic carbocycles. The van der Waals surface area contributed by atoms with E-state index in [-0.39, 0.29) is 13.2 Å². The zero-order valence-electron chi connectivity index (χ0n) is 13.4. The van der Waals surface area contributed by atoms with E-state index in [1.54, 1.807) is 49.3 Å². The van der Waals surface area contributed by atoms with Crippen molar-refractivity contribution in [2.24, 2.45) is 0 Å². The van der Waals surface area contributed by atoms with Crippen molar-refractivity contribution in [1.29, 1.82) is 0 Å². The lowest BCUT2D eigenvalue weighted by Crippen LogP contribution is -2.46. The van der Waals surface area contributed by atoms with Crippen LogP contribution in [-0.2, 0) is 16.1 Å². The molecule has 3 rings (SSSR count). The van der Waals surface area contributed by atoms with Gasteiger partial charge in [-0.3, -0.25) is 0 Å². The Morgan fingerprint density at radius 2 is 2.29 bits per heavy atom. The number of carbonyl (C=O) groups excluding carboxylic acids is 2. The number of hydrogen-bond donors (Lipinski definition) is 2. The van der Waals surface area contributed by atoms with Crippen LogP contribution in [0.5, 0.6) is 0 Å². The summed E-state index contributed by atoms with van der Waals surface area (Å²) in [6.45, 7) is 4.05. The number of aryl methyl sites for hydroxylation is 1. The number of imidazole rings is 1. The minimum absolute atomic E-state index is 0.235. The molecule has 1 atom stereocenters. The molecule has 0 saturated heterocycles. The van der Waals surface area contributed by atoms with E-state index in [0.717, 1.165) is 0 Å². The van der Waals surface area contributed by atoms with Gasteiger partial charge in [0.1, 0.15) is 17.6 Å². The van der Waals surface area contributed by atoms with Crippen LogP contribution in [-0.4, -0.2) is 28.2 Å². The highest BCUT2D eigenvalue weighted by molar-refractivity contribution is 5.94. The van der Waals surface area contributed by atoms with Gasteiger partial charge in [0.2, 0.25) is 0 Å². The van der Waals surface area contributed by atoms with E-state index in [4.69, 9.17) is 9.15 Å². The van der Waals surface area contributed by atoms with Gasteiger partial charge >= 0.3 is 12.0 Å². The van der Waals surface area contributed by atoms with Gasteiger partial charge in [0, 0.05) is 12.4 Å². The predicted molar refractivity (Wildman–Crippen MR) is 83.7 cm³/mol. The first-order valence-electron chi connectivity index (χ1n) is 7.58. The topological polar surface area (TPSA) is 98.4 Å². The third kappa shape index (κ3) is 3.17. The molecule has 0 unspecified atom stereocenters. The molecule has 2 aromatic heterocycles. The fourth-order valence-electron chi connectivity index (χ4n) is 2.58. The number of nitrogens with zero attached hydrogens (tertiary/aromatic N) is 2. The number of furan rings is 1. The van der Waals surface area contributed by atoms with Gasteiger partial charge in [-0.1, -0.05) is 0 Å². The van der Waals surface area contributed by atoms with E-state index < -0.39 is 18.0 Å². The molecule has 0 saturated carbocycles. The summed E-state index contributed by atoms with van der Waals surface area (Å²) >= 11 is 0. The Hall–Kier alpha value is -3.03. The molecule has 2 N–H and O–H groups in total. The monoisotopic (exact) mass is 330 g/mol. The number of rotatable bonds is 5. The number of esters is 1. The summed E-state index contributed by atoms with van der Waals surface area (Å²) in [5.74, 6) is 0.671. The fourth-order valence-corrected chi connectivity index (χ4v) is 2.58. The second kappa shape index (κ2) is 6.61. The summed E-state index contributed by atoms with van der Waals surface area (Å²) < 4.78 is 12.5. The zero-order chi connectivity index (χ0) is 17.1. The van der Waals surface area contributed by atoms with Crippen LogP contribution in [0.25, 0.3) is 0 Å². The average Bonchev–Trinajstić information content (AvgIpc) is 3.18. The van der Waals surface area contributed by atoms with Crippen LogP contribution < -0.4 is 10.6 Å². The molecule has 8 nitrogen and oxygen atoms in total. The van der Waals surface area contributed by atoms with Crippen LogP contribution in [0, 0.1) is 6.92 Å². The Kier molecular flexibility index (Phi) is 4.37. The number of allylic oxidation sites excluding steroid dienone is 1. The fraction of sp³-hybridized carbons (Fsp3) is 0.312. The predicted octanol–water partition coefficient (Wildman–Crippen LogP) is 1.66. The lowest BCUT2D eigenvalue weighted by atomic mass is 10.00. The molecule has 1 aliphatic heterocycles. The van der Waals surface area contributed by atoms with Gasteiger partial charge in [-0.2, -0.15) is 0 Å². The third-order valence-corrected chi connectivity index (χ3v) is 3.59. The summed E-state index contributed by atoms with van der Waals surface area (Å²) in [6.07, 6.45) is 4.98. The van der Waals surface area contributed by atoms with Gasteiger partial charge in [0.15, 0.2) is 0 Å². The van der Waals surface area contributed by atoms with Crippen LogP contribution in [0.4, 0.5) is 4.79 Å². The molecule has 0 spiro atoms. The molecule has 0 fully saturated rings. The normalized spacial score (nSPS) is 17.4. The maximum atomic E-state index is 12.5. The standard InChI is InChI=1S/C16H18N4O4/c1-3-23-15(21)13-11(8-20-7-6-17-9-20)18-16(22)19-14(13)12-5-4-10(2)24-12/h4-7,9,14H,3,8H2,1-2H3,(H2,18,19,22)/t14-/m0/s1. The van der Waals surface area contributed by atoms with E-state index in [9.17, 15) is 9.59 Å².